The van der Waals surface area contributed by atoms with Gasteiger partial charge in [0.15, 0.2) is 0 Å². The van der Waals surface area contributed by atoms with E-state index >= 15 is 0 Å². The Balaban J connectivity index is 2.18. The topological polar surface area (TPSA) is 34.1 Å². The summed E-state index contributed by atoms with van der Waals surface area (Å²) in [6, 6.07) is 5.85. The van der Waals surface area contributed by atoms with E-state index in [-0.39, 0.29) is 11.7 Å². The fourth-order valence-corrected chi connectivity index (χ4v) is 3.12. The fourth-order valence-electron chi connectivity index (χ4n) is 1.54. The molecule has 0 saturated heterocycles. The highest BCUT2D eigenvalue weighted by molar-refractivity contribution is 8.14. The van der Waals surface area contributed by atoms with Crippen LogP contribution in [-0.2, 0) is 9.05 Å². The molecule has 0 radical (unpaired) electrons. The van der Waals surface area contributed by atoms with Gasteiger partial charge in [-0.05, 0) is 24.1 Å². The van der Waals surface area contributed by atoms with E-state index in [1.165, 1.54) is 12.1 Å². The maximum absolute atomic E-state index is 12.6. The summed E-state index contributed by atoms with van der Waals surface area (Å²) >= 11 is 0. The van der Waals surface area contributed by atoms with Gasteiger partial charge in [-0.25, -0.2) is 12.8 Å². The molecule has 0 spiro atoms. The van der Waals surface area contributed by atoms with Gasteiger partial charge in [0.2, 0.25) is 9.05 Å². The van der Waals surface area contributed by atoms with Gasteiger partial charge in [0.05, 0.1) is 5.25 Å². The lowest BCUT2D eigenvalue weighted by Crippen LogP contribution is -1.99. The lowest BCUT2D eigenvalue weighted by molar-refractivity contribution is 0.607. The van der Waals surface area contributed by atoms with Crippen molar-refractivity contribution >= 4 is 19.7 Å². The number of hydrogen-bond acceptors (Lipinski definition) is 2. The third kappa shape index (κ3) is 1.91. The normalized spacial score (nSPS) is 26.1. The Bertz CT molecular complexity index is 440. The Kier molecular flexibility index (Phi) is 2.27. The van der Waals surface area contributed by atoms with Crippen molar-refractivity contribution in [1.82, 2.24) is 0 Å². The summed E-state index contributed by atoms with van der Waals surface area (Å²) in [5.74, 6) is -0.377. The van der Waals surface area contributed by atoms with Crippen molar-refractivity contribution in [2.75, 3.05) is 0 Å². The quantitative estimate of drug-likeness (QED) is 0.736. The Hall–Kier alpha value is -0.610. The van der Waals surface area contributed by atoms with Crippen LogP contribution in [0.4, 0.5) is 4.39 Å². The van der Waals surface area contributed by atoms with Gasteiger partial charge in [-0.3, -0.25) is 0 Å². The van der Waals surface area contributed by atoms with E-state index < -0.39 is 14.3 Å². The number of rotatable bonds is 2. The lowest BCUT2D eigenvalue weighted by atomic mass is 10.1. The van der Waals surface area contributed by atoms with Gasteiger partial charge in [-0.15, -0.1) is 0 Å². The standard InChI is InChI=1S/C9H8ClFO2S/c10-14(12,13)9-5-8(9)6-1-3-7(11)4-2-6/h1-4,8-9H,5H2/t8-,9+/m0/s1. The first kappa shape index (κ1) is 9.93. The zero-order valence-corrected chi connectivity index (χ0v) is 8.72. The van der Waals surface area contributed by atoms with Crippen LogP contribution < -0.4 is 0 Å². The van der Waals surface area contributed by atoms with Crippen molar-refractivity contribution in [1.29, 1.82) is 0 Å². The minimum absolute atomic E-state index is 0.0573. The molecule has 2 nitrogen and oxygen atoms in total. The SMILES string of the molecule is O=S(=O)(Cl)[C@@H]1C[C@H]1c1ccc(F)cc1. The van der Waals surface area contributed by atoms with E-state index in [0.717, 1.165) is 5.56 Å². The summed E-state index contributed by atoms with van der Waals surface area (Å²) in [6.45, 7) is 0. The molecule has 1 aromatic rings. The van der Waals surface area contributed by atoms with Crippen molar-refractivity contribution in [3.8, 4) is 0 Å². The maximum Gasteiger partial charge on any atom is 0.236 e. The van der Waals surface area contributed by atoms with Crippen LogP contribution in [0.3, 0.4) is 0 Å². The number of benzene rings is 1. The molecular formula is C9H8ClFO2S. The van der Waals surface area contributed by atoms with Gasteiger partial charge in [-0.2, -0.15) is 0 Å². The number of hydrogen-bond donors (Lipinski definition) is 0. The Morgan fingerprint density at radius 1 is 1.29 bits per heavy atom. The minimum atomic E-state index is -3.46. The van der Waals surface area contributed by atoms with Crippen molar-refractivity contribution < 1.29 is 12.8 Å². The summed E-state index contributed by atoms with van der Waals surface area (Å²) in [5, 5.41) is -0.491. The summed E-state index contributed by atoms with van der Waals surface area (Å²) < 4.78 is 34.4. The van der Waals surface area contributed by atoms with E-state index in [2.05, 4.69) is 0 Å². The number of halogens is 2. The second-order valence-corrected chi connectivity index (χ2v) is 6.25. The first-order valence-electron chi connectivity index (χ1n) is 4.17. The molecule has 0 heterocycles. The van der Waals surface area contributed by atoms with Crippen LogP contribution in [0, 0.1) is 5.82 Å². The molecule has 1 saturated carbocycles. The molecule has 2 atom stereocenters. The average molecular weight is 235 g/mol. The van der Waals surface area contributed by atoms with E-state index in [1.807, 2.05) is 0 Å². The molecule has 1 fully saturated rings. The molecular weight excluding hydrogens is 227 g/mol. The smallest absolute Gasteiger partial charge is 0.212 e. The molecule has 1 aliphatic carbocycles. The predicted octanol–water partition coefficient (Wildman–Crippen LogP) is 2.25. The van der Waals surface area contributed by atoms with E-state index in [9.17, 15) is 12.8 Å². The van der Waals surface area contributed by atoms with Crippen molar-refractivity contribution in [3.63, 3.8) is 0 Å². The van der Waals surface area contributed by atoms with Crippen LogP contribution in [0.1, 0.15) is 17.9 Å². The third-order valence-electron chi connectivity index (χ3n) is 2.39. The van der Waals surface area contributed by atoms with Crippen LogP contribution >= 0.6 is 10.7 Å². The summed E-state index contributed by atoms with van der Waals surface area (Å²) in [5.41, 5.74) is 0.834. The zero-order valence-electron chi connectivity index (χ0n) is 7.15. The molecule has 76 valence electrons. The van der Waals surface area contributed by atoms with E-state index in [0.29, 0.717) is 6.42 Å². The second kappa shape index (κ2) is 3.21. The summed E-state index contributed by atoms with van der Waals surface area (Å²) in [4.78, 5) is 0. The molecule has 0 unspecified atom stereocenters. The van der Waals surface area contributed by atoms with Gasteiger partial charge in [0, 0.05) is 16.6 Å². The average Bonchev–Trinajstić information content (AvgIpc) is 2.83. The van der Waals surface area contributed by atoms with E-state index in [1.54, 1.807) is 12.1 Å². The highest BCUT2D eigenvalue weighted by atomic mass is 35.7. The Morgan fingerprint density at radius 2 is 1.86 bits per heavy atom. The lowest BCUT2D eigenvalue weighted by Gasteiger charge is -1.97. The van der Waals surface area contributed by atoms with Crippen molar-refractivity contribution in [3.05, 3.63) is 35.6 Å². The predicted molar refractivity (Wildman–Crippen MR) is 52.3 cm³/mol. The van der Waals surface area contributed by atoms with E-state index in [4.69, 9.17) is 10.7 Å². The Labute approximate surface area is 86.1 Å². The van der Waals surface area contributed by atoms with Crippen LogP contribution in [0.2, 0.25) is 0 Å². The van der Waals surface area contributed by atoms with Gasteiger partial charge in [0.25, 0.3) is 0 Å². The highest BCUT2D eigenvalue weighted by Crippen LogP contribution is 2.47. The molecule has 0 aliphatic heterocycles. The fraction of sp³-hybridized carbons (Fsp3) is 0.333. The largest absolute Gasteiger partial charge is 0.236 e. The first-order chi connectivity index (χ1) is 6.48. The minimum Gasteiger partial charge on any atom is -0.212 e. The Morgan fingerprint density at radius 3 is 2.29 bits per heavy atom. The molecule has 0 amide bonds. The molecule has 2 rings (SSSR count). The van der Waals surface area contributed by atoms with Crippen molar-refractivity contribution in [2.24, 2.45) is 0 Å². The highest BCUT2D eigenvalue weighted by Gasteiger charge is 2.47. The van der Waals surface area contributed by atoms with Crippen molar-refractivity contribution in [2.45, 2.75) is 17.6 Å². The summed E-state index contributed by atoms with van der Waals surface area (Å²) in [6.07, 6.45) is 0.539. The molecule has 14 heavy (non-hydrogen) atoms. The molecule has 1 aromatic carbocycles. The van der Waals surface area contributed by atoms with Crippen LogP contribution in [-0.4, -0.2) is 13.7 Å². The summed E-state index contributed by atoms with van der Waals surface area (Å²) in [7, 11) is 1.75. The monoisotopic (exact) mass is 234 g/mol. The zero-order chi connectivity index (χ0) is 10.3. The molecule has 0 bridgehead atoms. The van der Waals surface area contributed by atoms with Gasteiger partial charge >= 0.3 is 0 Å². The second-order valence-electron chi connectivity index (χ2n) is 3.41. The molecule has 5 heteroatoms. The van der Waals surface area contributed by atoms with Crippen LogP contribution in [0.25, 0.3) is 0 Å². The van der Waals surface area contributed by atoms with Gasteiger partial charge in [0.1, 0.15) is 5.82 Å². The van der Waals surface area contributed by atoms with Crippen LogP contribution in [0.15, 0.2) is 24.3 Å². The maximum atomic E-state index is 12.6. The molecule has 0 N–H and O–H groups in total. The first-order valence-corrected chi connectivity index (χ1v) is 6.54. The third-order valence-corrected chi connectivity index (χ3v) is 4.32. The van der Waals surface area contributed by atoms with Crippen LogP contribution in [0.5, 0.6) is 0 Å². The molecule has 0 aromatic heterocycles. The molecule has 1 aliphatic rings. The van der Waals surface area contributed by atoms with Gasteiger partial charge < -0.3 is 0 Å². The van der Waals surface area contributed by atoms with Gasteiger partial charge in [-0.1, -0.05) is 12.1 Å².